The molecule has 1 aliphatic rings. The van der Waals surface area contributed by atoms with Crippen LogP contribution in [0.25, 0.3) is 11.2 Å². The molecule has 4 rings (SSSR count). The molecule has 0 aliphatic heterocycles. The lowest BCUT2D eigenvalue weighted by atomic mass is 10.1. The van der Waals surface area contributed by atoms with E-state index in [1.54, 1.807) is 12.4 Å². The highest BCUT2D eigenvalue weighted by atomic mass is 15.2. The topological polar surface area (TPSA) is 75.6 Å². The monoisotopic (exact) mass is 334 g/mol. The van der Waals surface area contributed by atoms with E-state index in [0.29, 0.717) is 29.0 Å². The number of aromatic nitrogens is 4. The van der Waals surface area contributed by atoms with Gasteiger partial charge in [0.05, 0.1) is 0 Å². The summed E-state index contributed by atoms with van der Waals surface area (Å²) in [4.78, 5) is 18.0. The van der Waals surface area contributed by atoms with Crippen LogP contribution in [0.1, 0.15) is 36.8 Å². The Balaban J connectivity index is 1.73. The predicted octanol–water partition coefficient (Wildman–Crippen LogP) is 4.13. The van der Waals surface area contributed by atoms with Crippen molar-refractivity contribution in [3.05, 3.63) is 41.7 Å². The third-order valence-electron chi connectivity index (χ3n) is 4.67. The molecule has 1 fully saturated rings. The van der Waals surface area contributed by atoms with Crippen LogP contribution in [-0.4, -0.2) is 26.0 Å². The van der Waals surface area contributed by atoms with Gasteiger partial charge in [0.1, 0.15) is 0 Å². The maximum absolute atomic E-state index is 4.69. The quantitative estimate of drug-likeness (QED) is 0.747. The van der Waals surface area contributed by atoms with E-state index in [4.69, 9.17) is 4.98 Å². The van der Waals surface area contributed by atoms with Crippen LogP contribution >= 0.6 is 0 Å². The molecule has 1 aromatic carbocycles. The Morgan fingerprint density at radius 2 is 1.80 bits per heavy atom. The summed E-state index contributed by atoms with van der Waals surface area (Å²) in [6.45, 7) is 4.16. The third-order valence-corrected chi connectivity index (χ3v) is 4.67. The van der Waals surface area contributed by atoms with Gasteiger partial charge in [-0.1, -0.05) is 25.0 Å². The molecule has 0 unspecified atom stereocenters. The summed E-state index contributed by atoms with van der Waals surface area (Å²) in [5, 5.41) is 6.88. The summed E-state index contributed by atoms with van der Waals surface area (Å²) in [5.41, 5.74) is 4.66. The van der Waals surface area contributed by atoms with Gasteiger partial charge in [-0.05, 0) is 43.9 Å². The van der Waals surface area contributed by atoms with Crippen LogP contribution in [0.3, 0.4) is 0 Å². The number of rotatable bonds is 4. The Labute approximate surface area is 147 Å². The smallest absolute Gasteiger partial charge is 0.227 e. The van der Waals surface area contributed by atoms with Crippen molar-refractivity contribution >= 4 is 28.6 Å². The van der Waals surface area contributed by atoms with Crippen LogP contribution in [0.4, 0.5) is 17.5 Å². The highest BCUT2D eigenvalue weighted by Crippen LogP contribution is 2.27. The van der Waals surface area contributed by atoms with Crippen molar-refractivity contribution in [2.45, 2.75) is 45.6 Å². The molecule has 6 heteroatoms. The maximum atomic E-state index is 4.69. The molecule has 0 spiro atoms. The molecule has 2 heterocycles. The number of hydrogen-bond acceptors (Lipinski definition) is 6. The molecule has 25 heavy (non-hydrogen) atoms. The van der Waals surface area contributed by atoms with Crippen molar-refractivity contribution in [3.8, 4) is 0 Å². The Morgan fingerprint density at radius 1 is 1.00 bits per heavy atom. The molecule has 6 nitrogen and oxygen atoms in total. The first-order valence-corrected chi connectivity index (χ1v) is 8.78. The molecular formula is C19H22N6. The Kier molecular flexibility index (Phi) is 4.17. The van der Waals surface area contributed by atoms with Crippen molar-refractivity contribution in [2.24, 2.45) is 0 Å². The van der Waals surface area contributed by atoms with Crippen LogP contribution in [-0.2, 0) is 0 Å². The summed E-state index contributed by atoms with van der Waals surface area (Å²) in [5.74, 6) is 1.31. The zero-order valence-electron chi connectivity index (χ0n) is 14.6. The van der Waals surface area contributed by atoms with Gasteiger partial charge in [0.2, 0.25) is 5.95 Å². The number of anilines is 3. The molecule has 3 aromatic rings. The fraction of sp³-hybridized carbons (Fsp3) is 0.368. The highest BCUT2D eigenvalue weighted by Gasteiger charge is 2.17. The van der Waals surface area contributed by atoms with Gasteiger partial charge in [0.15, 0.2) is 17.0 Å². The number of hydrogen-bond donors (Lipinski definition) is 2. The van der Waals surface area contributed by atoms with Gasteiger partial charge >= 0.3 is 0 Å². The standard InChI is InChI=1S/C19H22N6/c1-12-7-8-13(2)15(11-12)23-18-16-17(21-10-9-20-16)24-19(25-18)22-14-5-3-4-6-14/h7-11,14H,3-6H2,1-2H3,(H2,21,22,23,24,25). The second-order valence-electron chi connectivity index (χ2n) is 6.69. The molecule has 2 N–H and O–H groups in total. The summed E-state index contributed by atoms with van der Waals surface area (Å²) < 4.78 is 0. The molecule has 2 aromatic heterocycles. The fourth-order valence-electron chi connectivity index (χ4n) is 3.27. The van der Waals surface area contributed by atoms with E-state index in [1.165, 1.54) is 31.2 Å². The van der Waals surface area contributed by atoms with Crippen molar-refractivity contribution in [3.63, 3.8) is 0 Å². The Bertz CT molecular complexity index is 902. The molecule has 0 radical (unpaired) electrons. The van der Waals surface area contributed by atoms with E-state index >= 15 is 0 Å². The lowest BCUT2D eigenvalue weighted by Gasteiger charge is -2.15. The highest BCUT2D eigenvalue weighted by molar-refractivity contribution is 5.86. The number of fused-ring (bicyclic) bond motifs is 1. The Morgan fingerprint density at radius 3 is 2.64 bits per heavy atom. The Hall–Kier alpha value is -2.76. The third kappa shape index (κ3) is 3.38. The van der Waals surface area contributed by atoms with E-state index in [0.717, 1.165) is 11.3 Å². The average molecular weight is 334 g/mol. The fourth-order valence-corrected chi connectivity index (χ4v) is 3.27. The normalized spacial score (nSPS) is 14.8. The molecule has 0 saturated heterocycles. The van der Waals surface area contributed by atoms with Crippen LogP contribution < -0.4 is 10.6 Å². The number of benzene rings is 1. The minimum atomic E-state index is 0.447. The van der Waals surface area contributed by atoms with Crippen molar-refractivity contribution in [1.29, 1.82) is 0 Å². The minimum absolute atomic E-state index is 0.447. The SMILES string of the molecule is Cc1ccc(C)c(Nc2nc(NC3CCCC3)nc3nccnc23)c1. The lowest BCUT2D eigenvalue weighted by Crippen LogP contribution is -2.17. The van der Waals surface area contributed by atoms with Crippen LogP contribution in [0.2, 0.25) is 0 Å². The zero-order valence-corrected chi connectivity index (χ0v) is 14.6. The predicted molar refractivity (Wildman–Crippen MR) is 100 cm³/mol. The molecule has 0 amide bonds. The molecule has 0 bridgehead atoms. The van der Waals surface area contributed by atoms with Gasteiger partial charge < -0.3 is 10.6 Å². The minimum Gasteiger partial charge on any atom is -0.351 e. The van der Waals surface area contributed by atoms with Crippen LogP contribution in [0.15, 0.2) is 30.6 Å². The van der Waals surface area contributed by atoms with Gasteiger partial charge in [-0.2, -0.15) is 9.97 Å². The first-order valence-electron chi connectivity index (χ1n) is 8.78. The van der Waals surface area contributed by atoms with Gasteiger partial charge in [0.25, 0.3) is 0 Å². The summed E-state index contributed by atoms with van der Waals surface area (Å²) in [6, 6.07) is 6.77. The summed E-state index contributed by atoms with van der Waals surface area (Å²) in [7, 11) is 0. The number of nitrogens with one attached hydrogen (secondary N) is 2. The van der Waals surface area contributed by atoms with E-state index in [9.17, 15) is 0 Å². The first-order chi connectivity index (χ1) is 12.2. The second kappa shape index (κ2) is 6.63. The largest absolute Gasteiger partial charge is 0.351 e. The van der Waals surface area contributed by atoms with Crippen LogP contribution in [0, 0.1) is 13.8 Å². The maximum Gasteiger partial charge on any atom is 0.227 e. The average Bonchev–Trinajstić information content (AvgIpc) is 3.11. The number of aryl methyl sites for hydroxylation is 2. The zero-order chi connectivity index (χ0) is 17.2. The van der Waals surface area contributed by atoms with Crippen molar-refractivity contribution in [2.75, 3.05) is 10.6 Å². The molecule has 1 saturated carbocycles. The molecule has 0 atom stereocenters. The summed E-state index contributed by atoms with van der Waals surface area (Å²) >= 11 is 0. The molecule has 1 aliphatic carbocycles. The van der Waals surface area contributed by atoms with Gasteiger partial charge in [-0.15, -0.1) is 0 Å². The molecular weight excluding hydrogens is 312 g/mol. The first kappa shape index (κ1) is 15.7. The van der Waals surface area contributed by atoms with Crippen molar-refractivity contribution < 1.29 is 0 Å². The number of nitrogens with zero attached hydrogens (tertiary/aromatic N) is 4. The van der Waals surface area contributed by atoms with E-state index in [-0.39, 0.29) is 0 Å². The summed E-state index contributed by atoms with van der Waals surface area (Å²) in [6.07, 6.45) is 8.20. The van der Waals surface area contributed by atoms with E-state index in [2.05, 4.69) is 57.6 Å². The second-order valence-corrected chi connectivity index (χ2v) is 6.69. The van der Waals surface area contributed by atoms with Gasteiger partial charge in [-0.25, -0.2) is 9.97 Å². The van der Waals surface area contributed by atoms with E-state index < -0.39 is 0 Å². The van der Waals surface area contributed by atoms with Crippen molar-refractivity contribution in [1.82, 2.24) is 19.9 Å². The van der Waals surface area contributed by atoms with E-state index in [1.807, 2.05) is 0 Å². The van der Waals surface area contributed by atoms with Gasteiger partial charge in [-0.3, -0.25) is 0 Å². The molecule has 128 valence electrons. The van der Waals surface area contributed by atoms with Gasteiger partial charge in [0, 0.05) is 24.1 Å². The van der Waals surface area contributed by atoms with Crippen LogP contribution in [0.5, 0.6) is 0 Å². The lowest BCUT2D eigenvalue weighted by molar-refractivity contribution is 0.745.